The monoisotopic (exact) mass is 130 g/mol. The minimum Gasteiger partial charge on any atom is -0.288 e. The van der Waals surface area contributed by atoms with Gasteiger partial charge < -0.3 is 0 Å². The fraction of sp³-hybridized carbons (Fsp3) is 0.667. The van der Waals surface area contributed by atoms with Crippen LogP contribution in [0.25, 0.3) is 0 Å². The molecule has 0 atom stereocenters. The summed E-state index contributed by atoms with van der Waals surface area (Å²) in [5, 5.41) is 4.93. The van der Waals surface area contributed by atoms with Crippen LogP contribution in [0.3, 0.4) is 0 Å². The van der Waals surface area contributed by atoms with Crippen molar-refractivity contribution >= 4 is 12.0 Å². The van der Waals surface area contributed by atoms with E-state index in [1.807, 2.05) is 0 Å². The fourth-order valence-electron chi connectivity index (χ4n) is 0.917. The Hall–Kier alpha value is -0.730. The van der Waals surface area contributed by atoms with Gasteiger partial charge in [-0.1, -0.05) is 0 Å². The summed E-state index contributed by atoms with van der Waals surface area (Å²) in [6.07, 6.45) is 0.995. The van der Waals surface area contributed by atoms with Gasteiger partial charge >= 0.3 is 0 Å². The molecule has 2 nitrogen and oxygen atoms in total. The van der Waals surface area contributed by atoms with Gasteiger partial charge in [-0.15, -0.1) is 0 Å². The molecule has 3 heteroatoms. The van der Waals surface area contributed by atoms with Gasteiger partial charge in [-0.05, 0) is 12.8 Å². The van der Waals surface area contributed by atoms with Crippen molar-refractivity contribution in [1.29, 1.82) is 0 Å². The van der Waals surface area contributed by atoms with E-state index in [-0.39, 0.29) is 11.7 Å². The molecule has 0 aliphatic heterocycles. The number of alkyl halides is 1. The predicted octanol–water partition coefficient (Wildman–Crippen LogP) is -0.867. The molecule has 0 saturated heterocycles. The third kappa shape index (κ3) is 1.15. The molecule has 0 radical (unpaired) electrons. The molecular weight excluding hydrogens is 121 g/mol. The van der Waals surface area contributed by atoms with E-state index in [1.165, 1.54) is 0 Å². The molecule has 1 aliphatic rings. The molecule has 0 heterocycles. The third-order valence-corrected chi connectivity index (χ3v) is 1.65. The smallest absolute Gasteiger partial charge is 0.221 e. The summed E-state index contributed by atoms with van der Waals surface area (Å²) in [5.41, 5.74) is 0. The van der Waals surface area contributed by atoms with E-state index in [2.05, 4.69) is 0 Å². The number of nitrogens with two attached hydrogens (primary N) is 1. The highest BCUT2D eigenvalue weighted by molar-refractivity contribution is 6.26. The lowest BCUT2D eigenvalue weighted by Crippen LogP contribution is -2.41. The van der Waals surface area contributed by atoms with Crippen molar-refractivity contribution in [3.63, 3.8) is 0 Å². The summed E-state index contributed by atoms with van der Waals surface area (Å²) in [5.74, 6) is -0.242. The lowest BCUT2D eigenvalue weighted by atomic mass is 9.81. The summed E-state index contributed by atoms with van der Waals surface area (Å²) in [7, 11) is 0. The molecule has 0 amide bonds. The molecule has 9 heavy (non-hydrogen) atoms. The first kappa shape index (κ1) is 6.39. The maximum absolute atomic E-state index is 12.1. The van der Waals surface area contributed by atoms with Crippen molar-refractivity contribution < 1.29 is 14.6 Å². The van der Waals surface area contributed by atoms with Gasteiger partial charge in [-0.25, -0.2) is 4.39 Å². The van der Waals surface area contributed by atoms with E-state index in [9.17, 15) is 9.18 Å². The Labute approximate surface area is 52.6 Å². The molecule has 1 aliphatic carbocycles. The average Bonchev–Trinajstić information content (AvgIpc) is 1.79. The van der Waals surface area contributed by atoms with Crippen molar-refractivity contribution in [1.82, 2.24) is 0 Å². The van der Waals surface area contributed by atoms with Crippen LogP contribution in [0.5, 0.6) is 0 Å². The number of halogens is 1. The summed E-state index contributed by atoms with van der Waals surface area (Å²) in [6, 6.07) is 0. The molecule has 0 aromatic carbocycles. The summed E-state index contributed by atoms with van der Waals surface area (Å²) < 4.78 is 12.1. The number of Topliss-reactive ketones (excluding diaryl/α,β-unsaturated/α-hetero) is 1. The molecule has 50 valence electrons. The van der Waals surface area contributed by atoms with Crippen LogP contribution < -0.4 is 5.41 Å². The second-order valence-corrected chi connectivity index (χ2v) is 2.33. The standard InChI is InChI=1S/C6H8FNO/c7-5-1-4(2-5)6(9)3-8/h3-5,8H,1-2H2/p+1. The molecule has 1 saturated carbocycles. The molecule has 0 unspecified atom stereocenters. The van der Waals surface area contributed by atoms with Crippen LogP contribution in [-0.4, -0.2) is 18.2 Å². The SMILES string of the molecule is [NH2+]=CC(=O)C1CC(F)C1. The normalized spacial score (nSPS) is 33.0. The van der Waals surface area contributed by atoms with Crippen molar-refractivity contribution in [2.45, 2.75) is 19.0 Å². The lowest BCUT2D eigenvalue weighted by Gasteiger charge is -2.25. The number of hydrogen-bond acceptors (Lipinski definition) is 1. The van der Waals surface area contributed by atoms with Crippen LogP contribution in [0.15, 0.2) is 0 Å². The van der Waals surface area contributed by atoms with E-state index in [0.29, 0.717) is 12.8 Å². The second kappa shape index (κ2) is 2.25. The number of carbonyl (C=O) groups is 1. The van der Waals surface area contributed by atoms with Gasteiger partial charge in [-0.3, -0.25) is 10.2 Å². The van der Waals surface area contributed by atoms with E-state index in [1.54, 1.807) is 0 Å². The lowest BCUT2D eigenvalue weighted by molar-refractivity contribution is -0.135. The van der Waals surface area contributed by atoms with Crippen LogP contribution >= 0.6 is 0 Å². The van der Waals surface area contributed by atoms with Crippen LogP contribution in [0.1, 0.15) is 12.8 Å². The summed E-state index contributed by atoms with van der Waals surface area (Å²) in [4.78, 5) is 10.6. The van der Waals surface area contributed by atoms with Gasteiger partial charge in [0.25, 0.3) is 0 Å². The molecule has 0 spiro atoms. The first-order valence-corrected chi connectivity index (χ1v) is 2.97. The molecular formula is C6H9FNO+. The van der Waals surface area contributed by atoms with Crippen molar-refractivity contribution in [3.05, 3.63) is 0 Å². The Morgan fingerprint density at radius 2 is 2.22 bits per heavy atom. The summed E-state index contributed by atoms with van der Waals surface area (Å²) >= 11 is 0. The van der Waals surface area contributed by atoms with Gasteiger partial charge in [0.2, 0.25) is 12.0 Å². The van der Waals surface area contributed by atoms with E-state index < -0.39 is 6.17 Å². The first-order chi connectivity index (χ1) is 4.24. The van der Waals surface area contributed by atoms with Gasteiger partial charge in [0, 0.05) is 5.92 Å². The topological polar surface area (TPSA) is 42.7 Å². The van der Waals surface area contributed by atoms with Gasteiger partial charge in [0.05, 0.1) is 0 Å². The first-order valence-electron chi connectivity index (χ1n) is 2.97. The molecule has 1 rings (SSSR count). The minimum atomic E-state index is -0.765. The maximum atomic E-state index is 12.1. The van der Waals surface area contributed by atoms with Crippen molar-refractivity contribution in [2.75, 3.05) is 0 Å². The molecule has 0 aromatic heterocycles. The highest BCUT2D eigenvalue weighted by atomic mass is 19.1. The van der Waals surface area contributed by atoms with Crippen LogP contribution in [-0.2, 0) is 4.79 Å². The molecule has 2 N–H and O–H groups in total. The Kier molecular flexibility index (Phi) is 1.60. The highest BCUT2D eigenvalue weighted by Crippen LogP contribution is 2.29. The van der Waals surface area contributed by atoms with E-state index in [0.717, 1.165) is 6.21 Å². The zero-order valence-corrected chi connectivity index (χ0v) is 5.01. The van der Waals surface area contributed by atoms with Crippen LogP contribution in [0, 0.1) is 5.92 Å². The highest BCUT2D eigenvalue weighted by Gasteiger charge is 2.34. The fourth-order valence-corrected chi connectivity index (χ4v) is 0.917. The largest absolute Gasteiger partial charge is 0.288 e. The number of ketones is 1. The Morgan fingerprint density at radius 1 is 1.67 bits per heavy atom. The Bertz CT molecular complexity index is 140. The molecule has 0 aromatic rings. The minimum absolute atomic E-state index is 0.120. The predicted molar refractivity (Wildman–Crippen MR) is 30.6 cm³/mol. The quantitative estimate of drug-likeness (QED) is 0.485. The molecule has 0 bridgehead atoms. The van der Waals surface area contributed by atoms with E-state index in [4.69, 9.17) is 5.41 Å². The van der Waals surface area contributed by atoms with Crippen LogP contribution in [0.4, 0.5) is 4.39 Å². The van der Waals surface area contributed by atoms with Gasteiger partial charge in [0.1, 0.15) is 6.17 Å². The average molecular weight is 130 g/mol. The number of hydrogen-bond donors (Lipinski definition) is 1. The van der Waals surface area contributed by atoms with Crippen LogP contribution in [0.2, 0.25) is 0 Å². The second-order valence-electron chi connectivity index (χ2n) is 2.33. The van der Waals surface area contributed by atoms with Crippen molar-refractivity contribution in [3.8, 4) is 0 Å². The number of carbonyl (C=O) groups excluding carboxylic acids is 1. The number of rotatable bonds is 2. The van der Waals surface area contributed by atoms with Gasteiger partial charge in [0.15, 0.2) is 0 Å². The van der Waals surface area contributed by atoms with E-state index >= 15 is 0 Å². The zero-order chi connectivity index (χ0) is 6.85. The third-order valence-electron chi connectivity index (χ3n) is 1.65. The van der Waals surface area contributed by atoms with Crippen molar-refractivity contribution in [2.24, 2.45) is 5.92 Å². The molecule has 1 fully saturated rings. The maximum Gasteiger partial charge on any atom is 0.221 e. The van der Waals surface area contributed by atoms with Gasteiger partial charge in [-0.2, -0.15) is 0 Å². The zero-order valence-electron chi connectivity index (χ0n) is 5.01. The Morgan fingerprint density at radius 3 is 2.56 bits per heavy atom. The summed E-state index contributed by atoms with van der Waals surface area (Å²) in [6.45, 7) is 0. The Balaban J connectivity index is 2.31.